The van der Waals surface area contributed by atoms with Crippen LogP contribution in [-0.2, 0) is 4.79 Å². The lowest BCUT2D eigenvalue weighted by atomic mass is 10.0. The summed E-state index contributed by atoms with van der Waals surface area (Å²) < 4.78 is 10.9. The highest BCUT2D eigenvalue weighted by molar-refractivity contribution is 5.93. The number of carbonyl (C=O) groups is 1. The Kier molecular flexibility index (Phi) is 6.32. The van der Waals surface area contributed by atoms with Crippen LogP contribution in [0.3, 0.4) is 0 Å². The van der Waals surface area contributed by atoms with Crippen molar-refractivity contribution in [3.63, 3.8) is 0 Å². The Hall–Kier alpha value is -2.57. The molecule has 6 heteroatoms. The molecule has 0 aliphatic carbocycles. The van der Waals surface area contributed by atoms with Crippen molar-refractivity contribution in [3.05, 3.63) is 53.6 Å². The molecule has 1 saturated heterocycles. The summed E-state index contributed by atoms with van der Waals surface area (Å²) in [7, 11) is 3.28. The van der Waals surface area contributed by atoms with Gasteiger partial charge in [-0.05, 0) is 30.7 Å². The zero-order valence-electron chi connectivity index (χ0n) is 16.1. The first-order valence-electron chi connectivity index (χ1n) is 9.14. The summed E-state index contributed by atoms with van der Waals surface area (Å²) in [5.74, 6) is 1.45. The van der Waals surface area contributed by atoms with E-state index in [1.165, 1.54) is 0 Å². The molecule has 144 valence electrons. The molecule has 6 nitrogen and oxygen atoms in total. The van der Waals surface area contributed by atoms with E-state index < -0.39 is 0 Å². The Balaban J connectivity index is 1.74. The van der Waals surface area contributed by atoms with Crippen molar-refractivity contribution < 1.29 is 14.3 Å². The number of ether oxygens (including phenoxy) is 2. The molecule has 0 bridgehead atoms. The maximum absolute atomic E-state index is 12.7. The van der Waals surface area contributed by atoms with Gasteiger partial charge in [-0.15, -0.1) is 0 Å². The van der Waals surface area contributed by atoms with Gasteiger partial charge in [-0.3, -0.25) is 9.69 Å². The van der Waals surface area contributed by atoms with Gasteiger partial charge in [0, 0.05) is 25.2 Å². The lowest BCUT2D eigenvalue weighted by Gasteiger charge is -2.36. The van der Waals surface area contributed by atoms with Crippen molar-refractivity contribution >= 4 is 11.6 Å². The molecule has 27 heavy (non-hydrogen) atoms. The fraction of sp³-hybridized carbons (Fsp3) is 0.381. The highest BCUT2D eigenvalue weighted by atomic mass is 16.5. The van der Waals surface area contributed by atoms with Gasteiger partial charge < -0.3 is 20.1 Å². The second-order valence-electron chi connectivity index (χ2n) is 6.68. The smallest absolute Gasteiger partial charge is 0.238 e. The fourth-order valence-corrected chi connectivity index (χ4v) is 3.48. The summed E-state index contributed by atoms with van der Waals surface area (Å²) in [6.07, 6.45) is 0. The highest BCUT2D eigenvalue weighted by Gasteiger charge is 2.27. The van der Waals surface area contributed by atoms with E-state index in [1.807, 2.05) is 43.3 Å². The van der Waals surface area contributed by atoms with Crippen LogP contribution in [0, 0.1) is 6.92 Å². The van der Waals surface area contributed by atoms with Gasteiger partial charge in [-0.25, -0.2) is 0 Å². The Labute approximate surface area is 160 Å². The zero-order chi connectivity index (χ0) is 19.2. The number of para-hydroxylation sites is 1. The van der Waals surface area contributed by atoms with Crippen LogP contribution < -0.4 is 20.1 Å². The molecular formula is C21H27N3O3. The molecule has 0 saturated carbocycles. The number of aryl methyl sites for hydroxylation is 1. The lowest BCUT2D eigenvalue weighted by molar-refractivity contribution is -0.118. The molecule has 0 aromatic heterocycles. The molecule has 2 aromatic carbocycles. The first-order valence-corrected chi connectivity index (χ1v) is 9.14. The minimum Gasteiger partial charge on any atom is -0.496 e. The average Bonchev–Trinajstić information content (AvgIpc) is 2.68. The van der Waals surface area contributed by atoms with Gasteiger partial charge in [-0.1, -0.05) is 24.3 Å². The normalized spacial score (nSPS) is 17.4. The topological polar surface area (TPSA) is 62.8 Å². The quantitative estimate of drug-likeness (QED) is 0.820. The predicted octanol–water partition coefficient (Wildman–Crippen LogP) is 2.60. The summed E-state index contributed by atoms with van der Waals surface area (Å²) in [6.45, 7) is 4.72. The molecule has 2 N–H and O–H groups in total. The van der Waals surface area contributed by atoms with Crippen molar-refractivity contribution in [1.82, 2.24) is 10.2 Å². The predicted molar refractivity (Wildman–Crippen MR) is 107 cm³/mol. The van der Waals surface area contributed by atoms with Crippen LogP contribution in [0.4, 0.5) is 5.69 Å². The summed E-state index contributed by atoms with van der Waals surface area (Å²) in [5.41, 5.74) is 2.86. The number of anilines is 1. The third-order valence-electron chi connectivity index (χ3n) is 4.83. The van der Waals surface area contributed by atoms with Crippen molar-refractivity contribution in [3.8, 4) is 11.5 Å². The number of carbonyl (C=O) groups excluding carboxylic acids is 1. The number of rotatable bonds is 6. The molecule has 1 heterocycles. The third kappa shape index (κ3) is 4.59. The molecular weight excluding hydrogens is 342 g/mol. The van der Waals surface area contributed by atoms with E-state index in [0.717, 1.165) is 36.5 Å². The first kappa shape index (κ1) is 19.2. The summed E-state index contributed by atoms with van der Waals surface area (Å²) in [4.78, 5) is 14.9. The Morgan fingerprint density at radius 2 is 1.96 bits per heavy atom. The molecule has 0 spiro atoms. The number of nitrogens with one attached hydrogen (secondary N) is 2. The van der Waals surface area contributed by atoms with Crippen LogP contribution in [0.1, 0.15) is 17.2 Å². The van der Waals surface area contributed by atoms with E-state index >= 15 is 0 Å². The standard InChI is InChI=1S/C21H27N3O3/c1-15-8-9-20(27-3)17(12-15)23-21(25)14-24-11-10-22-13-18(24)16-6-4-5-7-19(16)26-2/h4-9,12,18,22H,10-11,13-14H2,1-3H3,(H,23,25). The zero-order valence-corrected chi connectivity index (χ0v) is 16.1. The summed E-state index contributed by atoms with van der Waals surface area (Å²) in [5, 5.41) is 6.41. The Bertz CT molecular complexity index is 794. The molecule has 1 amide bonds. The minimum absolute atomic E-state index is 0.0549. The van der Waals surface area contributed by atoms with Crippen molar-refractivity contribution in [2.75, 3.05) is 45.7 Å². The van der Waals surface area contributed by atoms with Crippen molar-refractivity contribution in [2.24, 2.45) is 0 Å². The molecule has 1 aliphatic heterocycles. The number of hydrogen-bond acceptors (Lipinski definition) is 5. The molecule has 1 aliphatic rings. The van der Waals surface area contributed by atoms with Gasteiger partial charge in [0.2, 0.25) is 5.91 Å². The van der Waals surface area contributed by atoms with Gasteiger partial charge in [0.25, 0.3) is 0 Å². The molecule has 3 rings (SSSR count). The molecule has 0 radical (unpaired) electrons. The number of amides is 1. The monoisotopic (exact) mass is 369 g/mol. The summed E-state index contributed by atoms with van der Waals surface area (Å²) >= 11 is 0. The molecule has 1 atom stereocenters. The maximum Gasteiger partial charge on any atom is 0.238 e. The minimum atomic E-state index is -0.0549. The van der Waals surface area contributed by atoms with E-state index in [1.54, 1.807) is 14.2 Å². The fourth-order valence-electron chi connectivity index (χ4n) is 3.48. The van der Waals surface area contributed by atoms with Crippen molar-refractivity contribution in [2.45, 2.75) is 13.0 Å². The van der Waals surface area contributed by atoms with Gasteiger partial charge in [0.15, 0.2) is 0 Å². The Morgan fingerprint density at radius 3 is 2.74 bits per heavy atom. The number of methoxy groups -OCH3 is 2. The Morgan fingerprint density at radius 1 is 1.19 bits per heavy atom. The molecule has 1 unspecified atom stereocenters. The van der Waals surface area contributed by atoms with E-state index in [9.17, 15) is 4.79 Å². The van der Waals surface area contributed by atoms with Crippen LogP contribution in [0.5, 0.6) is 11.5 Å². The maximum atomic E-state index is 12.7. The van der Waals surface area contributed by atoms with Gasteiger partial charge in [-0.2, -0.15) is 0 Å². The van der Waals surface area contributed by atoms with E-state index in [4.69, 9.17) is 9.47 Å². The first-order chi connectivity index (χ1) is 13.1. The van der Waals surface area contributed by atoms with Crippen LogP contribution >= 0.6 is 0 Å². The second kappa shape index (κ2) is 8.88. The van der Waals surface area contributed by atoms with Gasteiger partial charge in [0.05, 0.1) is 32.5 Å². The third-order valence-corrected chi connectivity index (χ3v) is 4.83. The van der Waals surface area contributed by atoms with Crippen LogP contribution in [0.2, 0.25) is 0 Å². The average molecular weight is 369 g/mol. The second-order valence-corrected chi connectivity index (χ2v) is 6.68. The van der Waals surface area contributed by atoms with Gasteiger partial charge in [0.1, 0.15) is 11.5 Å². The number of hydrogen-bond donors (Lipinski definition) is 2. The highest BCUT2D eigenvalue weighted by Crippen LogP contribution is 2.30. The van der Waals surface area contributed by atoms with Crippen LogP contribution in [-0.4, -0.2) is 51.2 Å². The van der Waals surface area contributed by atoms with E-state index in [0.29, 0.717) is 18.0 Å². The molecule has 1 fully saturated rings. The number of benzene rings is 2. The van der Waals surface area contributed by atoms with E-state index in [2.05, 4.69) is 21.6 Å². The number of piperazine rings is 1. The largest absolute Gasteiger partial charge is 0.496 e. The van der Waals surface area contributed by atoms with Crippen LogP contribution in [0.25, 0.3) is 0 Å². The van der Waals surface area contributed by atoms with Crippen molar-refractivity contribution in [1.29, 1.82) is 0 Å². The lowest BCUT2D eigenvalue weighted by Crippen LogP contribution is -2.48. The molecule has 2 aromatic rings. The summed E-state index contributed by atoms with van der Waals surface area (Å²) in [6, 6.07) is 13.8. The van der Waals surface area contributed by atoms with Crippen LogP contribution in [0.15, 0.2) is 42.5 Å². The van der Waals surface area contributed by atoms with Gasteiger partial charge >= 0.3 is 0 Å². The number of nitrogens with zero attached hydrogens (tertiary/aromatic N) is 1. The van der Waals surface area contributed by atoms with E-state index in [-0.39, 0.29) is 11.9 Å². The SMILES string of the molecule is COc1ccc(C)cc1NC(=O)CN1CCNCC1c1ccccc1OC.